The van der Waals surface area contributed by atoms with Crippen molar-refractivity contribution < 1.29 is 23.1 Å². The van der Waals surface area contributed by atoms with Crippen LogP contribution < -0.4 is 0 Å². The lowest BCUT2D eigenvalue weighted by atomic mass is 10.3. The second-order valence-corrected chi connectivity index (χ2v) is 7.68. The van der Waals surface area contributed by atoms with E-state index in [4.69, 9.17) is 9.84 Å². The number of hydrogen-bond acceptors (Lipinski definition) is 5. The number of nitrogens with zero attached hydrogens (tertiary/aromatic N) is 3. The zero-order valence-corrected chi connectivity index (χ0v) is 14.7. The Hall–Kier alpha value is -2.23. The summed E-state index contributed by atoms with van der Waals surface area (Å²) in [6.45, 7) is 3.26. The number of carboxylic acid groups (broad SMARTS) is 1. The molecule has 25 heavy (non-hydrogen) atoms. The molecular formula is C16H19N3O5S. The van der Waals surface area contributed by atoms with Crippen LogP contribution in [0.5, 0.6) is 0 Å². The van der Waals surface area contributed by atoms with Crippen LogP contribution >= 0.6 is 0 Å². The maximum Gasteiger partial charge on any atom is 0.334 e. The fourth-order valence-electron chi connectivity index (χ4n) is 2.94. The van der Waals surface area contributed by atoms with Gasteiger partial charge >= 0.3 is 5.97 Å². The van der Waals surface area contributed by atoms with E-state index in [1.54, 1.807) is 18.5 Å². The summed E-state index contributed by atoms with van der Waals surface area (Å²) in [6.07, 6.45) is -1.16. The molecule has 0 aliphatic carbocycles. The van der Waals surface area contributed by atoms with Crippen molar-refractivity contribution in [1.82, 2.24) is 14.1 Å². The lowest BCUT2D eigenvalue weighted by Gasteiger charge is -2.30. The van der Waals surface area contributed by atoms with Crippen molar-refractivity contribution in [3.8, 4) is 5.69 Å². The Morgan fingerprint density at radius 1 is 1.28 bits per heavy atom. The molecule has 1 aromatic carbocycles. The van der Waals surface area contributed by atoms with E-state index < -0.39 is 22.1 Å². The number of carbonyl (C=O) groups is 1. The summed E-state index contributed by atoms with van der Waals surface area (Å²) < 4.78 is 34.0. The van der Waals surface area contributed by atoms with Gasteiger partial charge in [-0.15, -0.1) is 0 Å². The molecule has 2 aromatic rings. The van der Waals surface area contributed by atoms with Crippen LogP contribution in [-0.2, 0) is 19.6 Å². The van der Waals surface area contributed by atoms with E-state index in [0.29, 0.717) is 11.4 Å². The molecule has 0 bridgehead atoms. The van der Waals surface area contributed by atoms with Gasteiger partial charge in [-0.2, -0.15) is 9.40 Å². The topological polar surface area (TPSA) is 102 Å². The highest BCUT2D eigenvalue weighted by Gasteiger charge is 2.37. The third kappa shape index (κ3) is 3.17. The fourth-order valence-corrected chi connectivity index (χ4v) is 4.72. The Balaban J connectivity index is 2.01. The van der Waals surface area contributed by atoms with Gasteiger partial charge in [-0.25, -0.2) is 17.9 Å². The Morgan fingerprint density at radius 3 is 2.60 bits per heavy atom. The van der Waals surface area contributed by atoms with Gasteiger partial charge in [0.1, 0.15) is 4.90 Å². The zero-order valence-electron chi connectivity index (χ0n) is 13.9. The average molecular weight is 365 g/mol. The molecule has 0 amide bonds. The first-order chi connectivity index (χ1) is 11.8. The summed E-state index contributed by atoms with van der Waals surface area (Å²) in [5, 5.41) is 13.5. The number of aromatic nitrogens is 2. The van der Waals surface area contributed by atoms with Gasteiger partial charge in [0.15, 0.2) is 6.10 Å². The molecule has 0 spiro atoms. The van der Waals surface area contributed by atoms with Crippen molar-refractivity contribution >= 4 is 16.0 Å². The summed E-state index contributed by atoms with van der Waals surface area (Å²) in [7, 11) is -3.87. The fraction of sp³-hybridized carbons (Fsp3) is 0.375. The number of aliphatic carboxylic acids is 1. The minimum Gasteiger partial charge on any atom is -0.479 e. The van der Waals surface area contributed by atoms with E-state index in [0.717, 1.165) is 9.99 Å². The van der Waals surface area contributed by atoms with E-state index >= 15 is 0 Å². The smallest absolute Gasteiger partial charge is 0.334 e. The van der Waals surface area contributed by atoms with Crippen LogP contribution in [0, 0.1) is 13.8 Å². The van der Waals surface area contributed by atoms with Crippen molar-refractivity contribution in [2.24, 2.45) is 0 Å². The third-order valence-corrected chi connectivity index (χ3v) is 6.25. The average Bonchev–Trinajstić information content (AvgIpc) is 2.91. The number of rotatable bonds is 4. The quantitative estimate of drug-likeness (QED) is 0.866. The molecule has 8 nitrogen and oxygen atoms in total. The van der Waals surface area contributed by atoms with Crippen LogP contribution in [0.3, 0.4) is 0 Å². The molecule has 1 saturated heterocycles. The maximum atomic E-state index is 13.1. The molecule has 0 radical (unpaired) electrons. The molecule has 3 rings (SSSR count). The Morgan fingerprint density at radius 2 is 1.96 bits per heavy atom. The molecule has 0 saturated carbocycles. The highest BCUT2D eigenvalue weighted by atomic mass is 32.2. The van der Waals surface area contributed by atoms with Gasteiger partial charge in [-0.05, 0) is 26.0 Å². The predicted octanol–water partition coefficient (Wildman–Crippen LogP) is 0.963. The van der Waals surface area contributed by atoms with Crippen LogP contribution in [0.15, 0.2) is 35.2 Å². The Labute approximate surface area is 145 Å². The summed E-state index contributed by atoms with van der Waals surface area (Å²) in [5.41, 5.74) is 1.62. The standard InChI is InChI=1S/C16H19N3O5S/c1-11-15(12(2)19(17-11)13-6-4-3-5-7-13)25(22,23)18-8-9-24-14(10-18)16(20)21/h3-7,14H,8-10H2,1-2H3,(H,20,21)/t14-/m1/s1. The maximum absolute atomic E-state index is 13.1. The summed E-state index contributed by atoms with van der Waals surface area (Å²) in [5.74, 6) is -1.17. The second-order valence-electron chi connectivity index (χ2n) is 5.81. The van der Waals surface area contributed by atoms with E-state index in [9.17, 15) is 13.2 Å². The Kier molecular flexibility index (Phi) is 4.63. The van der Waals surface area contributed by atoms with E-state index in [1.807, 2.05) is 30.3 Å². The lowest BCUT2D eigenvalue weighted by Crippen LogP contribution is -2.48. The number of ether oxygens (including phenoxy) is 1. The van der Waals surface area contributed by atoms with E-state index in [2.05, 4.69) is 5.10 Å². The number of hydrogen-bond donors (Lipinski definition) is 1. The van der Waals surface area contributed by atoms with E-state index in [1.165, 1.54) is 0 Å². The van der Waals surface area contributed by atoms with Crippen molar-refractivity contribution in [3.63, 3.8) is 0 Å². The monoisotopic (exact) mass is 365 g/mol. The molecule has 1 aliphatic rings. The van der Waals surface area contributed by atoms with Crippen molar-refractivity contribution in [1.29, 1.82) is 0 Å². The Bertz CT molecular complexity index is 892. The van der Waals surface area contributed by atoms with Crippen LogP contribution in [0.25, 0.3) is 5.69 Å². The summed E-state index contributed by atoms with van der Waals surface area (Å²) >= 11 is 0. The van der Waals surface area contributed by atoms with Gasteiger partial charge in [-0.3, -0.25) is 0 Å². The van der Waals surface area contributed by atoms with Gasteiger partial charge in [0.25, 0.3) is 0 Å². The number of morpholine rings is 1. The van der Waals surface area contributed by atoms with Crippen molar-refractivity contribution in [2.45, 2.75) is 24.8 Å². The molecule has 2 heterocycles. The molecule has 1 atom stereocenters. The molecule has 134 valence electrons. The van der Waals surface area contributed by atoms with Crippen LogP contribution in [0.1, 0.15) is 11.4 Å². The number of sulfonamides is 1. The molecule has 0 unspecified atom stereocenters. The second kappa shape index (κ2) is 6.58. The molecule has 1 fully saturated rings. The lowest BCUT2D eigenvalue weighted by molar-refractivity contribution is -0.153. The first-order valence-electron chi connectivity index (χ1n) is 7.78. The molecule has 9 heteroatoms. The molecule has 1 N–H and O–H groups in total. The summed E-state index contributed by atoms with van der Waals surface area (Å²) in [4.78, 5) is 11.2. The predicted molar refractivity (Wildman–Crippen MR) is 89.2 cm³/mol. The minimum absolute atomic E-state index is 0.0428. The number of benzene rings is 1. The van der Waals surface area contributed by atoms with Gasteiger partial charge in [0.2, 0.25) is 10.0 Å². The minimum atomic E-state index is -3.87. The van der Waals surface area contributed by atoms with E-state index in [-0.39, 0.29) is 24.6 Å². The number of carboxylic acids is 1. The van der Waals surface area contributed by atoms with Crippen LogP contribution in [0.2, 0.25) is 0 Å². The van der Waals surface area contributed by atoms with Crippen molar-refractivity contribution in [3.05, 3.63) is 41.7 Å². The van der Waals surface area contributed by atoms with Crippen LogP contribution in [0.4, 0.5) is 0 Å². The first kappa shape index (κ1) is 17.6. The van der Waals surface area contributed by atoms with Crippen LogP contribution in [-0.4, -0.2) is 59.4 Å². The van der Waals surface area contributed by atoms with Crippen molar-refractivity contribution in [2.75, 3.05) is 19.7 Å². The highest BCUT2D eigenvalue weighted by molar-refractivity contribution is 7.89. The van der Waals surface area contributed by atoms with Gasteiger partial charge < -0.3 is 9.84 Å². The highest BCUT2D eigenvalue weighted by Crippen LogP contribution is 2.27. The largest absolute Gasteiger partial charge is 0.479 e. The van der Waals surface area contributed by atoms with Gasteiger partial charge in [0, 0.05) is 6.54 Å². The summed E-state index contributed by atoms with van der Waals surface area (Å²) in [6, 6.07) is 9.24. The molecule has 1 aromatic heterocycles. The SMILES string of the molecule is Cc1nn(-c2ccccc2)c(C)c1S(=O)(=O)N1CCO[C@@H](C(=O)O)C1. The zero-order chi connectivity index (χ0) is 18.2. The number of para-hydroxylation sites is 1. The molecule has 1 aliphatic heterocycles. The third-order valence-electron chi connectivity index (χ3n) is 4.13. The molecular weight excluding hydrogens is 346 g/mol. The van der Waals surface area contributed by atoms with Gasteiger partial charge in [-0.1, -0.05) is 18.2 Å². The number of aryl methyl sites for hydroxylation is 1. The normalized spacial score (nSPS) is 19.0. The first-order valence-corrected chi connectivity index (χ1v) is 9.22. The van der Waals surface area contributed by atoms with Gasteiger partial charge in [0.05, 0.1) is 30.2 Å².